The lowest BCUT2D eigenvalue weighted by Gasteiger charge is -2.07. The molecule has 0 aliphatic carbocycles. The van der Waals surface area contributed by atoms with E-state index in [-0.39, 0.29) is 0 Å². The number of halogens is 2. The third-order valence-corrected chi connectivity index (χ3v) is 3.88. The van der Waals surface area contributed by atoms with E-state index in [1.807, 2.05) is 18.2 Å². The van der Waals surface area contributed by atoms with Gasteiger partial charge in [0.25, 0.3) is 0 Å². The molecule has 0 N–H and O–H groups in total. The van der Waals surface area contributed by atoms with Gasteiger partial charge >= 0.3 is 0 Å². The number of hydrogen-bond acceptors (Lipinski definition) is 3. The molecule has 0 spiro atoms. The molecule has 0 radical (unpaired) electrons. The largest absolute Gasteiger partial charge is 0.302 e. The molecule has 0 unspecified atom stereocenters. The Bertz CT molecular complexity index is 572. The van der Waals surface area contributed by atoms with Gasteiger partial charge in [-0.15, -0.1) is 10.2 Å². The zero-order chi connectivity index (χ0) is 12.4. The third kappa shape index (κ3) is 2.94. The molecule has 1 atom stereocenters. The summed E-state index contributed by atoms with van der Waals surface area (Å²) in [4.78, 5) is 0. The predicted octanol–water partition coefficient (Wildman–Crippen LogP) is 2.48. The van der Waals surface area contributed by atoms with Crippen molar-refractivity contribution in [1.82, 2.24) is 14.8 Å². The summed E-state index contributed by atoms with van der Waals surface area (Å²) in [7, 11) is -1.16. The first-order valence-electron chi connectivity index (χ1n) is 4.73. The van der Waals surface area contributed by atoms with E-state index in [4.69, 9.17) is 11.6 Å². The van der Waals surface area contributed by atoms with Crippen molar-refractivity contribution in [2.24, 2.45) is 0 Å². The van der Waals surface area contributed by atoms with Crippen LogP contribution in [0.1, 0.15) is 5.56 Å². The van der Waals surface area contributed by atoms with Crippen LogP contribution in [0.3, 0.4) is 0 Å². The predicted molar refractivity (Wildman–Crippen MR) is 70.6 cm³/mol. The van der Waals surface area contributed by atoms with E-state index in [1.54, 1.807) is 17.2 Å². The van der Waals surface area contributed by atoms with Gasteiger partial charge < -0.3 is 4.57 Å². The maximum Gasteiger partial charge on any atom is 0.221 e. The summed E-state index contributed by atoms with van der Waals surface area (Å²) < 4.78 is 14.1. The van der Waals surface area contributed by atoms with Crippen molar-refractivity contribution in [3.05, 3.63) is 39.6 Å². The van der Waals surface area contributed by atoms with Gasteiger partial charge in [0.15, 0.2) is 0 Å². The fourth-order valence-electron chi connectivity index (χ4n) is 1.42. The second-order valence-corrected chi connectivity index (χ2v) is 6.03. The van der Waals surface area contributed by atoms with Crippen LogP contribution in [-0.4, -0.2) is 25.2 Å². The van der Waals surface area contributed by atoms with Crippen LogP contribution in [0.5, 0.6) is 0 Å². The second kappa shape index (κ2) is 5.29. The first kappa shape index (κ1) is 12.7. The molecule has 0 aliphatic heterocycles. The number of nitrogens with zero attached hydrogens (tertiary/aromatic N) is 3. The van der Waals surface area contributed by atoms with Crippen LogP contribution in [0.25, 0.3) is 0 Å². The summed E-state index contributed by atoms with van der Waals surface area (Å²) in [6, 6.07) is 5.61. The van der Waals surface area contributed by atoms with Crippen LogP contribution in [-0.2, 0) is 17.3 Å². The normalized spacial score (nSPS) is 12.6. The topological polar surface area (TPSA) is 47.8 Å². The minimum atomic E-state index is -1.16. The van der Waals surface area contributed by atoms with Gasteiger partial charge in [-0.05, 0) is 23.8 Å². The van der Waals surface area contributed by atoms with Crippen molar-refractivity contribution in [3.63, 3.8) is 0 Å². The molecule has 1 aromatic carbocycles. The molecule has 0 saturated heterocycles. The van der Waals surface area contributed by atoms with Crippen molar-refractivity contribution >= 4 is 38.3 Å². The molecule has 7 heteroatoms. The van der Waals surface area contributed by atoms with Gasteiger partial charge in [-0.1, -0.05) is 27.5 Å². The molecular weight excluding hydrogens is 326 g/mol. The van der Waals surface area contributed by atoms with Gasteiger partial charge in [-0.2, -0.15) is 0 Å². The highest BCUT2D eigenvalue weighted by Crippen LogP contribution is 2.22. The summed E-state index contributed by atoms with van der Waals surface area (Å²) in [5.41, 5.74) is 0.924. The lowest BCUT2D eigenvalue weighted by molar-refractivity contribution is 0.653. The van der Waals surface area contributed by atoms with E-state index in [0.717, 1.165) is 10.0 Å². The Morgan fingerprint density at radius 1 is 1.53 bits per heavy atom. The molecule has 1 heterocycles. The average molecular weight is 335 g/mol. The molecule has 2 rings (SSSR count). The summed E-state index contributed by atoms with van der Waals surface area (Å²) in [5, 5.41) is 8.69. The SMILES string of the molecule is C[S@@](=O)c1nncn1Cc1cc(Br)ccc1Cl. The number of benzene rings is 1. The fraction of sp³-hybridized carbons (Fsp3) is 0.200. The van der Waals surface area contributed by atoms with Crippen molar-refractivity contribution in [1.29, 1.82) is 0 Å². The standard InChI is InChI=1S/C10H9BrClN3OS/c1-17(16)10-14-13-6-15(10)5-7-4-8(11)2-3-9(7)12/h2-4,6H,5H2,1H3/t17-/m1/s1. The number of aromatic nitrogens is 3. The van der Waals surface area contributed by atoms with Crippen LogP contribution < -0.4 is 0 Å². The number of rotatable bonds is 3. The Hall–Kier alpha value is -0.720. The molecule has 0 bridgehead atoms. The lowest BCUT2D eigenvalue weighted by atomic mass is 10.2. The van der Waals surface area contributed by atoms with Crippen LogP contribution in [0, 0.1) is 0 Å². The highest BCUT2D eigenvalue weighted by atomic mass is 79.9. The third-order valence-electron chi connectivity index (χ3n) is 2.19. The maximum atomic E-state index is 11.4. The van der Waals surface area contributed by atoms with E-state index < -0.39 is 10.8 Å². The molecular formula is C10H9BrClN3OS. The van der Waals surface area contributed by atoms with Gasteiger partial charge in [0, 0.05) is 15.8 Å². The van der Waals surface area contributed by atoms with Crippen LogP contribution in [0.15, 0.2) is 34.2 Å². The molecule has 0 saturated carbocycles. The average Bonchev–Trinajstić information content (AvgIpc) is 2.71. The lowest BCUT2D eigenvalue weighted by Crippen LogP contribution is -2.05. The summed E-state index contributed by atoms with van der Waals surface area (Å²) in [6.07, 6.45) is 3.12. The summed E-state index contributed by atoms with van der Waals surface area (Å²) in [5.74, 6) is 0. The molecule has 17 heavy (non-hydrogen) atoms. The molecule has 90 valence electrons. The smallest absolute Gasteiger partial charge is 0.221 e. The van der Waals surface area contributed by atoms with E-state index in [2.05, 4.69) is 26.1 Å². The van der Waals surface area contributed by atoms with E-state index in [0.29, 0.717) is 16.7 Å². The van der Waals surface area contributed by atoms with Crippen LogP contribution in [0.4, 0.5) is 0 Å². The highest BCUT2D eigenvalue weighted by Gasteiger charge is 2.10. The minimum Gasteiger partial charge on any atom is -0.302 e. The Balaban J connectivity index is 2.34. The van der Waals surface area contributed by atoms with Gasteiger partial charge in [-0.25, -0.2) is 0 Å². The molecule has 4 nitrogen and oxygen atoms in total. The Morgan fingerprint density at radius 3 is 3.00 bits per heavy atom. The summed E-state index contributed by atoms with van der Waals surface area (Å²) >= 11 is 9.48. The van der Waals surface area contributed by atoms with Crippen molar-refractivity contribution in [2.75, 3.05) is 6.26 Å². The summed E-state index contributed by atoms with van der Waals surface area (Å²) in [6.45, 7) is 0.500. The molecule has 0 amide bonds. The fourth-order valence-corrected chi connectivity index (χ4v) is 2.61. The zero-order valence-corrected chi connectivity index (χ0v) is 12.1. The molecule has 0 fully saturated rings. The Morgan fingerprint density at radius 2 is 2.29 bits per heavy atom. The quantitative estimate of drug-likeness (QED) is 0.866. The van der Waals surface area contributed by atoms with Gasteiger partial charge in [-0.3, -0.25) is 4.21 Å². The Labute approximate surface area is 115 Å². The van der Waals surface area contributed by atoms with Crippen molar-refractivity contribution < 1.29 is 4.21 Å². The zero-order valence-electron chi connectivity index (χ0n) is 8.93. The minimum absolute atomic E-state index is 0.445. The van der Waals surface area contributed by atoms with Crippen molar-refractivity contribution in [3.8, 4) is 0 Å². The maximum absolute atomic E-state index is 11.4. The molecule has 2 aromatic rings. The van der Waals surface area contributed by atoms with Gasteiger partial charge in [0.05, 0.1) is 17.3 Å². The molecule has 1 aromatic heterocycles. The van der Waals surface area contributed by atoms with E-state index in [1.165, 1.54) is 0 Å². The van der Waals surface area contributed by atoms with E-state index >= 15 is 0 Å². The van der Waals surface area contributed by atoms with E-state index in [9.17, 15) is 4.21 Å². The Kier molecular flexibility index (Phi) is 3.96. The van der Waals surface area contributed by atoms with Crippen molar-refractivity contribution in [2.45, 2.75) is 11.7 Å². The van der Waals surface area contributed by atoms with Crippen LogP contribution in [0.2, 0.25) is 5.02 Å². The highest BCUT2D eigenvalue weighted by molar-refractivity contribution is 9.10. The van der Waals surface area contributed by atoms with Gasteiger partial charge in [0.1, 0.15) is 6.33 Å². The van der Waals surface area contributed by atoms with Gasteiger partial charge in [0.2, 0.25) is 5.16 Å². The number of hydrogen-bond donors (Lipinski definition) is 0. The second-order valence-electron chi connectivity index (χ2n) is 3.43. The molecule has 0 aliphatic rings. The van der Waals surface area contributed by atoms with Crippen LogP contribution >= 0.6 is 27.5 Å². The first-order valence-corrected chi connectivity index (χ1v) is 7.46. The first-order chi connectivity index (χ1) is 8.08. The monoisotopic (exact) mass is 333 g/mol.